The van der Waals surface area contributed by atoms with Gasteiger partial charge >= 0.3 is 24.1 Å². The number of rotatable bonds is 14. The molecule has 2 amide bonds. The maximum absolute atomic E-state index is 12.4. The van der Waals surface area contributed by atoms with Crippen LogP contribution in [0, 0.1) is 11.3 Å². The summed E-state index contributed by atoms with van der Waals surface area (Å²) in [5.41, 5.74) is 0.246. The van der Waals surface area contributed by atoms with Crippen LogP contribution >= 0.6 is 0 Å². The van der Waals surface area contributed by atoms with Gasteiger partial charge in [-0.3, -0.25) is 9.68 Å². The van der Waals surface area contributed by atoms with Gasteiger partial charge in [0.15, 0.2) is 0 Å². The van der Waals surface area contributed by atoms with Crippen molar-refractivity contribution in [1.82, 2.24) is 10.6 Å². The van der Waals surface area contributed by atoms with E-state index < -0.39 is 40.8 Å². The lowest BCUT2D eigenvalue weighted by Crippen LogP contribution is -2.51. The van der Waals surface area contributed by atoms with Crippen molar-refractivity contribution in [1.29, 1.82) is 0 Å². The monoisotopic (exact) mass is 590 g/mol. The molecule has 12 nitrogen and oxygen atoms in total. The Balaban J connectivity index is 2.43. The molecule has 0 spiro atoms. The molecule has 2 atom stereocenters. The number of alkyl carbamates (subject to hydrolysis) is 1. The molecule has 39 heavy (non-hydrogen) atoms. The predicted molar refractivity (Wildman–Crippen MR) is 148 cm³/mol. The third kappa shape index (κ3) is 15.1. The molecule has 1 rings (SSSR count). The summed E-state index contributed by atoms with van der Waals surface area (Å²) in [5, 5.41) is 5.64. The lowest BCUT2D eigenvalue weighted by atomic mass is 9.70. The molecule has 14 heteroatoms. The number of hydrogen-bond donors (Lipinski definition) is 2. The summed E-state index contributed by atoms with van der Waals surface area (Å²) in [5.74, 6) is -0.880. The maximum atomic E-state index is 12.4. The molecule has 1 saturated carbocycles. The van der Waals surface area contributed by atoms with Crippen LogP contribution in [-0.4, -0.2) is 79.5 Å². The van der Waals surface area contributed by atoms with E-state index in [2.05, 4.69) is 40.8 Å². The van der Waals surface area contributed by atoms with Crippen LogP contribution in [-0.2, 0) is 37.7 Å². The van der Waals surface area contributed by atoms with Crippen LogP contribution in [0.3, 0.4) is 0 Å². The normalized spacial score (nSPS) is 18.9. The molecule has 0 bridgehead atoms. The minimum atomic E-state index is -2.42. The minimum absolute atomic E-state index is 0.0169. The Hall–Kier alpha value is -2.43. The van der Waals surface area contributed by atoms with Crippen LogP contribution in [0.2, 0.25) is 26.2 Å². The van der Waals surface area contributed by atoms with E-state index in [1.165, 1.54) is 14.0 Å². The molecule has 1 fully saturated rings. The molecule has 0 saturated heterocycles. The van der Waals surface area contributed by atoms with E-state index in [0.717, 1.165) is 12.8 Å². The molecule has 0 aromatic heterocycles. The average molecular weight is 591 g/mol. The summed E-state index contributed by atoms with van der Waals surface area (Å²) in [7, 11) is -3.56. The van der Waals surface area contributed by atoms with Gasteiger partial charge in [0.2, 0.25) is 16.6 Å². The second-order valence-electron chi connectivity index (χ2n) is 12.0. The minimum Gasteiger partial charge on any atom is -0.466 e. The number of carbonyl (C=O) groups excluding carboxylic acids is 4. The second kappa shape index (κ2) is 15.4. The van der Waals surface area contributed by atoms with Crippen LogP contribution < -0.4 is 10.6 Å². The Labute approximate surface area is 233 Å². The predicted octanol–water partition coefficient (Wildman–Crippen LogP) is 3.75. The molecule has 0 heterocycles. The summed E-state index contributed by atoms with van der Waals surface area (Å²) in [6.45, 7) is 17.3. The van der Waals surface area contributed by atoms with E-state index in [1.54, 1.807) is 0 Å². The molecule has 2 unspecified atom stereocenters. The highest BCUT2D eigenvalue weighted by Crippen LogP contribution is 2.38. The van der Waals surface area contributed by atoms with Gasteiger partial charge in [0, 0.05) is 18.2 Å². The molecular formula is C25H46N2O10Si2. The van der Waals surface area contributed by atoms with E-state index in [0.29, 0.717) is 13.0 Å². The lowest BCUT2D eigenvalue weighted by molar-refractivity contribution is -0.213. The van der Waals surface area contributed by atoms with Gasteiger partial charge in [-0.1, -0.05) is 20.4 Å². The third-order valence-electron chi connectivity index (χ3n) is 5.85. The summed E-state index contributed by atoms with van der Waals surface area (Å²) in [6.07, 6.45) is 1.44. The van der Waals surface area contributed by atoms with Gasteiger partial charge in [0.1, 0.15) is 19.1 Å². The summed E-state index contributed by atoms with van der Waals surface area (Å²) >= 11 is 0. The van der Waals surface area contributed by atoms with Crippen molar-refractivity contribution in [3.63, 3.8) is 0 Å². The number of hydrogen-bond acceptors (Lipinski definition) is 10. The molecule has 224 valence electrons. The molecule has 1 aliphatic carbocycles. The fourth-order valence-electron chi connectivity index (χ4n) is 4.63. The van der Waals surface area contributed by atoms with E-state index in [4.69, 9.17) is 18.3 Å². The highest BCUT2D eigenvalue weighted by Gasteiger charge is 2.37. The first kappa shape index (κ1) is 34.6. The van der Waals surface area contributed by atoms with Crippen molar-refractivity contribution in [3.8, 4) is 0 Å². The Bertz CT molecular complexity index is 879. The number of esters is 2. The first-order valence-corrected chi connectivity index (χ1v) is 19.3. The zero-order chi connectivity index (χ0) is 29.9. The van der Waals surface area contributed by atoms with Crippen molar-refractivity contribution in [2.24, 2.45) is 11.3 Å². The fourth-order valence-corrected chi connectivity index (χ4v) is 12.1. The van der Waals surface area contributed by atoms with Gasteiger partial charge in [-0.15, -0.1) is 0 Å². The van der Waals surface area contributed by atoms with Gasteiger partial charge in [-0.2, -0.15) is 4.89 Å². The topological polar surface area (TPSA) is 148 Å². The van der Waals surface area contributed by atoms with Crippen LogP contribution in [0.4, 0.5) is 9.59 Å². The van der Waals surface area contributed by atoms with E-state index in [1.807, 2.05) is 26.2 Å². The average Bonchev–Trinajstić information content (AvgIpc) is 2.78. The van der Waals surface area contributed by atoms with Gasteiger partial charge < -0.3 is 29.0 Å². The third-order valence-corrected chi connectivity index (χ3v) is 11.9. The number of nitrogens with one attached hydrogen (secondary N) is 2. The smallest absolute Gasteiger partial charge is 0.438 e. The summed E-state index contributed by atoms with van der Waals surface area (Å²) < 4.78 is 22.0. The molecule has 2 N–H and O–H groups in total. The highest BCUT2D eigenvalue weighted by molar-refractivity contribution is 6.84. The van der Waals surface area contributed by atoms with Crippen LogP contribution in [0.1, 0.15) is 46.5 Å². The van der Waals surface area contributed by atoms with Gasteiger partial charge in [-0.05, 0) is 63.7 Å². The zero-order valence-corrected chi connectivity index (χ0v) is 26.6. The number of ether oxygens (including phenoxy) is 3. The van der Waals surface area contributed by atoms with Crippen LogP contribution in [0.15, 0.2) is 12.2 Å². The van der Waals surface area contributed by atoms with Crippen molar-refractivity contribution >= 4 is 40.8 Å². The SMILES string of the molecule is C=C(C)C(=O)OCCC(=O)OC[Si](C)(C)O[Si](C)(C)COC(=O)NCC1CC(NC(=O)OOC)CC(C)(C)C1. The van der Waals surface area contributed by atoms with Crippen molar-refractivity contribution < 1.29 is 47.3 Å². The van der Waals surface area contributed by atoms with E-state index >= 15 is 0 Å². The van der Waals surface area contributed by atoms with Crippen molar-refractivity contribution in [2.75, 3.05) is 32.7 Å². The quantitative estimate of drug-likeness (QED) is 0.0765. The molecule has 0 radical (unpaired) electrons. The first-order valence-electron chi connectivity index (χ1n) is 13.0. The fraction of sp³-hybridized carbons (Fsp3) is 0.760. The standard InChI is InChI=1S/C25H46N2O10Si2/c1-18(2)22(29)33-11-10-21(28)34-16-38(6,7)37-39(8,9)17-35-23(30)26-15-19-12-20(14-25(3,4)13-19)27-24(31)36-32-5/h19-20H,1,10-17H2,2-9H3,(H,26,30)(H,27,31). The zero-order valence-electron chi connectivity index (χ0n) is 24.6. The molecule has 0 aromatic rings. The second-order valence-corrected chi connectivity index (χ2v) is 20.4. The highest BCUT2D eigenvalue weighted by atomic mass is 28.4. The molecular weight excluding hydrogens is 544 g/mol. The Morgan fingerprint density at radius 3 is 2.15 bits per heavy atom. The Morgan fingerprint density at radius 1 is 0.949 bits per heavy atom. The van der Waals surface area contributed by atoms with Crippen molar-refractivity contribution in [3.05, 3.63) is 12.2 Å². The number of carbonyl (C=O) groups is 4. The first-order chi connectivity index (χ1) is 17.9. The lowest BCUT2D eigenvalue weighted by Gasteiger charge is -2.40. The van der Waals surface area contributed by atoms with E-state index in [9.17, 15) is 19.2 Å². The molecule has 0 aliphatic heterocycles. The van der Waals surface area contributed by atoms with Crippen molar-refractivity contribution in [2.45, 2.75) is 78.7 Å². The van der Waals surface area contributed by atoms with Gasteiger partial charge in [0.25, 0.3) is 0 Å². The van der Waals surface area contributed by atoms with Crippen LogP contribution in [0.25, 0.3) is 0 Å². The Morgan fingerprint density at radius 2 is 1.56 bits per heavy atom. The van der Waals surface area contributed by atoms with Gasteiger partial charge in [0.05, 0.1) is 13.5 Å². The van der Waals surface area contributed by atoms with E-state index in [-0.39, 0.29) is 48.4 Å². The summed E-state index contributed by atoms with van der Waals surface area (Å²) in [6, 6.07) is -0.0911. The Kier molecular flexibility index (Phi) is 13.6. The molecule has 0 aromatic carbocycles. The summed E-state index contributed by atoms with van der Waals surface area (Å²) in [4.78, 5) is 56.5. The maximum Gasteiger partial charge on any atom is 0.438 e. The molecule has 1 aliphatic rings. The largest absolute Gasteiger partial charge is 0.466 e. The van der Waals surface area contributed by atoms with Gasteiger partial charge in [-0.25, -0.2) is 14.4 Å². The van der Waals surface area contributed by atoms with Crippen LogP contribution in [0.5, 0.6) is 0 Å². The number of amides is 2.